The molecule has 5 heteroatoms. The highest BCUT2D eigenvalue weighted by atomic mass is 16.5. The van der Waals surface area contributed by atoms with Gasteiger partial charge in [-0.15, -0.1) is 0 Å². The third-order valence-electron chi connectivity index (χ3n) is 2.62. The van der Waals surface area contributed by atoms with Gasteiger partial charge < -0.3 is 9.30 Å². The van der Waals surface area contributed by atoms with Crippen molar-refractivity contribution >= 4 is 11.8 Å². The number of esters is 1. The first kappa shape index (κ1) is 12.0. The molecule has 0 bridgehead atoms. The van der Waals surface area contributed by atoms with E-state index in [2.05, 4.69) is 9.72 Å². The number of ether oxygens (including phenoxy) is 1. The number of hydrogen-bond acceptors (Lipinski definition) is 4. The molecule has 0 saturated carbocycles. The number of benzene rings is 1. The quantitative estimate of drug-likeness (QED) is 0.605. The van der Waals surface area contributed by atoms with Gasteiger partial charge >= 0.3 is 5.97 Å². The average Bonchev–Trinajstić information content (AvgIpc) is 2.80. The molecule has 0 saturated heterocycles. The number of hydrogen-bond donors (Lipinski definition) is 0. The van der Waals surface area contributed by atoms with Crippen molar-refractivity contribution in [1.82, 2.24) is 9.55 Å². The Hall–Kier alpha value is -2.43. The van der Waals surface area contributed by atoms with Crippen LogP contribution in [0.25, 0.3) is 0 Å². The lowest BCUT2D eigenvalue weighted by atomic mass is 10.1. The maximum Gasteiger partial charge on any atom is 0.356 e. The average molecular weight is 244 g/mol. The normalized spacial score (nSPS) is 10.1. The Balaban J connectivity index is 2.39. The summed E-state index contributed by atoms with van der Waals surface area (Å²) in [7, 11) is 2.89. The zero-order valence-electron chi connectivity index (χ0n) is 10.1. The fourth-order valence-electron chi connectivity index (χ4n) is 1.63. The highest BCUT2D eigenvalue weighted by molar-refractivity contribution is 6.07. The molecule has 18 heavy (non-hydrogen) atoms. The number of carbonyl (C=O) groups excluding carboxylic acids is 2. The van der Waals surface area contributed by atoms with Gasteiger partial charge in [0, 0.05) is 12.6 Å². The van der Waals surface area contributed by atoms with Crippen molar-refractivity contribution in [1.29, 1.82) is 0 Å². The van der Waals surface area contributed by atoms with E-state index in [1.807, 2.05) is 6.07 Å². The molecule has 1 aromatic heterocycles. The van der Waals surface area contributed by atoms with Crippen LogP contribution >= 0.6 is 0 Å². The van der Waals surface area contributed by atoms with Gasteiger partial charge in [0.25, 0.3) is 0 Å². The summed E-state index contributed by atoms with van der Waals surface area (Å²) in [6.07, 6.45) is 1.34. The van der Waals surface area contributed by atoms with Gasteiger partial charge in [-0.25, -0.2) is 9.78 Å². The van der Waals surface area contributed by atoms with E-state index in [4.69, 9.17) is 0 Å². The van der Waals surface area contributed by atoms with Gasteiger partial charge in [0.15, 0.2) is 5.82 Å². The van der Waals surface area contributed by atoms with Crippen LogP contribution in [0, 0.1) is 0 Å². The molecule has 2 aromatic rings. The summed E-state index contributed by atoms with van der Waals surface area (Å²) in [4.78, 5) is 27.5. The van der Waals surface area contributed by atoms with Gasteiger partial charge in [-0.2, -0.15) is 0 Å². The van der Waals surface area contributed by atoms with Crippen LogP contribution in [0.1, 0.15) is 26.7 Å². The van der Waals surface area contributed by atoms with Gasteiger partial charge in [0.05, 0.1) is 13.3 Å². The van der Waals surface area contributed by atoms with E-state index in [0.29, 0.717) is 5.56 Å². The Morgan fingerprint density at radius 2 is 1.89 bits per heavy atom. The predicted octanol–water partition coefficient (Wildman–Crippen LogP) is 1.44. The SMILES string of the molecule is COC(=O)c1cnc(C(=O)c2ccccc2)n1C. The molecule has 0 N–H and O–H groups in total. The van der Waals surface area contributed by atoms with E-state index in [9.17, 15) is 9.59 Å². The fraction of sp³-hybridized carbons (Fsp3) is 0.154. The fourth-order valence-corrected chi connectivity index (χ4v) is 1.63. The molecular weight excluding hydrogens is 232 g/mol. The van der Waals surface area contributed by atoms with Crippen LogP contribution in [0.2, 0.25) is 0 Å². The minimum Gasteiger partial charge on any atom is -0.464 e. The molecule has 0 aliphatic rings. The van der Waals surface area contributed by atoms with Gasteiger partial charge in [-0.1, -0.05) is 30.3 Å². The molecule has 92 valence electrons. The lowest BCUT2D eigenvalue weighted by Gasteiger charge is -2.03. The van der Waals surface area contributed by atoms with Crippen LogP contribution in [-0.2, 0) is 11.8 Å². The van der Waals surface area contributed by atoms with Gasteiger partial charge in [0.1, 0.15) is 5.69 Å². The lowest BCUT2D eigenvalue weighted by molar-refractivity contribution is 0.0589. The van der Waals surface area contributed by atoms with E-state index >= 15 is 0 Å². The molecule has 0 amide bonds. The summed E-state index contributed by atoms with van der Waals surface area (Å²) in [6.45, 7) is 0. The smallest absolute Gasteiger partial charge is 0.356 e. The van der Waals surface area contributed by atoms with E-state index < -0.39 is 5.97 Å². The molecule has 1 aromatic carbocycles. The van der Waals surface area contributed by atoms with E-state index in [-0.39, 0.29) is 17.3 Å². The monoisotopic (exact) mass is 244 g/mol. The Morgan fingerprint density at radius 3 is 2.50 bits per heavy atom. The number of rotatable bonds is 3. The van der Waals surface area contributed by atoms with E-state index in [0.717, 1.165) is 0 Å². The van der Waals surface area contributed by atoms with Crippen molar-refractivity contribution in [2.45, 2.75) is 0 Å². The van der Waals surface area contributed by atoms with Crippen molar-refractivity contribution in [3.63, 3.8) is 0 Å². The van der Waals surface area contributed by atoms with Crippen LogP contribution in [0.3, 0.4) is 0 Å². The molecule has 0 fully saturated rings. The number of imidazole rings is 1. The molecule has 0 spiro atoms. The topological polar surface area (TPSA) is 61.2 Å². The zero-order chi connectivity index (χ0) is 13.1. The van der Waals surface area contributed by atoms with Crippen molar-refractivity contribution in [2.75, 3.05) is 7.11 Å². The first-order valence-corrected chi connectivity index (χ1v) is 5.35. The van der Waals surface area contributed by atoms with Crippen LogP contribution in [-0.4, -0.2) is 28.4 Å². The lowest BCUT2D eigenvalue weighted by Crippen LogP contribution is -2.13. The summed E-state index contributed by atoms with van der Waals surface area (Å²) >= 11 is 0. The number of aromatic nitrogens is 2. The van der Waals surface area contributed by atoms with Gasteiger partial charge in [-0.3, -0.25) is 4.79 Å². The van der Waals surface area contributed by atoms with Gasteiger partial charge in [-0.05, 0) is 0 Å². The standard InChI is InChI=1S/C13H12N2O3/c1-15-10(13(17)18-2)8-14-12(15)11(16)9-6-4-3-5-7-9/h3-8H,1-2H3. The van der Waals surface area contributed by atoms with Crippen molar-refractivity contribution < 1.29 is 14.3 Å². The molecule has 0 atom stereocenters. The third kappa shape index (κ3) is 2.02. The van der Waals surface area contributed by atoms with E-state index in [1.54, 1.807) is 31.3 Å². The first-order chi connectivity index (χ1) is 8.65. The molecule has 1 heterocycles. The van der Waals surface area contributed by atoms with Crippen LogP contribution in [0.15, 0.2) is 36.5 Å². The minimum atomic E-state index is -0.517. The summed E-state index contributed by atoms with van der Waals surface area (Å²) < 4.78 is 6.04. The number of carbonyl (C=O) groups is 2. The maximum absolute atomic E-state index is 12.2. The molecular formula is C13H12N2O3. The molecule has 0 aliphatic heterocycles. The third-order valence-corrected chi connectivity index (χ3v) is 2.62. The predicted molar refractivity (Wildman–Crippen MR) is 64.4 cm³/mol. The first-order valence-electron chi connectivity index (χ1n) is 5.35. The number of nitrogens with zero attached hydrogens (tertiary/aromatic N) is 2. The highest BCUT2D eigenvalue weighted by Crippen LogP contribution is 2.10. The summed E-state index contributed by atoms with van der Waals surface area (Å²) in [5, 5.41) is 0. The van der Waals surface area contributed by atoms with Crippen molar-refractivity contribution in [3.8, 4) is 0 Å². The van der Waals surface area contributed by atoms with Gasteiger partial charge in [0.2, 0.25) is 5.78 Å². The highest BCUT2D eigenvalue weighted by Gasteiger charge is 2.19. The molecule has 5 nitrogen and oxygen atoms in total. The Morgan fingerprint density at radius 1 is 1.22 bits per heavy atom. The Bertz CT molecular complexity index is 588. The molecule has 0 aliphatic carbocycles. The second-order valence-corrected chi connectivity index (χ2v) is 3.71. The summed E-state index contributed by atoms with van der Waals surface area (Å²) in [6, 6.07) is 8.79. The maximum atomic E-state index is 12.2. The zero-order valence-corrected chi connectivity index (χ0v) is 10.1. The Labute approximate surface area is 104 Å². The van der Waals surface area contributed by atoms with Crippen molar-refractivity contribution in [2.24, 2.45) is 7.05 Å². The minimum absolute atomic E-state index is 0.210. The Kier molecular flexibility index (Phi) is 3.23. The largest absolute Gasteiger partial charge is 0.464 e. The van der Waals surface area contributed by atoms with Crippen LogP contribution in [0.5, 0.6) is 0 Å². The molecule has 0 radical (unpaired) electrons. The summed E-state index contributed by atoms with van der Waals surface area (Å²) in [5.41, 5.74) is 0.777. The number of methoxy groups -OCH3 is 1. The molecule has 2 rings (SSSR count). The van der Waals surface area contributed by atoms with E-state index in [1.165, 1.54) is 17.9 Å². The molecule has 0 unspecified atom stereocenters. The second kappa shape index (κ2) is 4.83. The van der Waals surface area contributed by atoms with Crippen LogP contribution < -0.4 is 0 Å². The summed E-state index contributed by atoms with van der Waals surface area (Å²) in [5.74, 6) is -0.535. The van der Waals surface area contributed by atoms with Crippen molar-refractivity contribution in [3.05, 3.63) is 53.6 Å². The number of ketones is 1. The second-order valence-electron chi connectivity index (χ2n) is 3.71. The van der Waals surface area contributed by atoms with Crippen LogP contribution in [0.4, 0.5) is 0 Å².